The van der Waals surface area contributed by atoms with Crippen LogP contribution in [0.3, 0.4) is 0 Å². The van der Waals surface area contributed by atoms with Crippen LogP contribution in [-0.2, 0) is 4.79 Å². The van der Waals surface area contributed by atoms with Gasteiger partial charge in [-0.05, 0) is 44.0 Å². The second kappa shape index (κ2) is 5.40. The summed E-state index contributed by atoms with van der Waals surface area (Å²) >= 11 is 0. The molecule has 1 amide bonds. The van der Waals surface area contributed by atoms with Crippen molar-refractivity contribution in [2.24, 2.45) is 5.92 Å². The van der Waals surface area contributed by atoms with E-state index in [9.17, 15) is 4.79 Å². The lowest BCUT2D eigenvalue weighted by atomic mass is 9.94. The zero-order valence-corrected chi connectivity index (χ0v) is 10.7. The molecule has 0 spiro atoms. The van der Waals surface area contributed by atoms with Crippen molar-refractivity contribution in [2.75, 3.05) is 18.4 Å². The Morgan fingerprint density at radius 2 is 2.26 bits per heavy atom. The van der Waals surface area contributed by atoms with E-state index in [-0.39, 0.29) is 5.91 Å². The average molecular weight is 259 g/mol. The van der Waals surface area contributed by atoms with E-state index in [1.807, 2.05) is 18.2 Å². The molecular formula is C14H17N3O2. The fourth-order valence-corrected chi connectivity index (χ4v) is 2.49. The lowest BCUT2D eigenvalue weighted by Crippen LogP contribution is -2.30. The molecule has 1 fully saturated rings. The van der Waals surface area contributed by atoms with Crippen molar-refractivity contribution in [3.63, 3.8) is 0 Å². The molecule has 19 heavy (non-hydrogen) atoms. The number of piperidine rings is 1. The molecule has 0 saturated carbocycles. The molecule has 3 rings (SSSR count). The first-order chi connectivity index (χ1) is 9.31. The molecule has 1 aromatic carbocycles. The fraction of sp³-hybridized carbons (Fsp3) is 0.429. The summed E-state index contributed by atoms with van der Waals surface area (Å²) in [6.45, 7) is 2.03. The average Bonchev–Trinajstić information content (AvgIpc) is 2.87. The number of carbonyl (C=O) groups is 1. The molecule has 1 aliphatic rings. The number of carbonyl (C=O) groups excluding carboxylic acids is 1. The lowest BCUT2D eigenvalue weighted by molar-refractivity contribution is -0.117. The van der Waals surface area contributed by atoms with Crippen molar-refractivity contribution >= 4 is 22.7 Å². The fourth-order valence-electron chi connectivity index (χ4n) is 2.49. The van der Waals surface area contributed by atoms with Crippen LogP contribution in [0.4, 0.5) is 5.69 Å². The van der Waals surface area contributed by atoms with Gasteiger partial charge in [-0.1, -0.05) is 0 Å². The zero-order valence-electron chi connectivity index (χ0n) is 10.7. The molecule has 2 aromatic rings. The highest BCUT2D eigenvalue weighted by molar-refractivity contribution is 5.92. The van der Waals surface area contributed by atoms with Crippen molar-refractivity contribution in [3.05, 3.63) is 24.6 Å². The first-order valence-corrected chi connectivity index (χ1v) is 6.65. The maximum Gasteiger partial charge on any atom is 0.224 e. The molecule has 100 valence electrons. The van der Waals surface area contributed by atoms with Crippen molar-refractivity contribution < 1.29 is 9.21 Å². The second-order valence-corrected chi connectivity index (χ2v) is 4.98. The van der Waals surface area contributed by atoms with Gasteiger partial charge in [0.25, 0.3) is 0 Å². The number of oxazole rings is 1. The number of benzene rings is 1. The normalized spacial score (nSPS) is 16.6. The minimum absolute atomic E-state index is 0.0748. The summed E-state index contributed by atoms with van der Waals surface area (Å²) in [5.41, 5.74) is 2.26. The first kappa shape index (κ1) is 12.2. The summed E-state index contributed by atoms with van der Waals surface area (Å²) < 4.78 is 5.22. The van der Waals surface area contributed by atoms with E-state index in [4.69, 9.17) is 4.42 Å². The Hall–Kier alpha value is -1.88. The number of anilines is 1. The smallest absolute Gasteiger partial charge is 0.224 e. The molecule has 5 nitrogen and oxygen atoms in total. The monoisotopic (exact) mass is 259 g/mol. The molecule has 0 unspecified atom stereocenters. The minimum Gasteiger partial charge on any atom is -0.443 e. The Kier molecular flexibility index (Phi) is 3.46. The van der Waals surface area contributed by atoms with E-state index in [0.717, 1.165) is 37.1 Å². The van der Waals surface area contributed by atoms with Gasteiger partial charge in [0.05, 0.1) is 0 Å². The number of aromatic nitrogens is 1. The van der Waals surface area contributed by atoms with Crippen LogP contribution < -0.4 is 10.6 Å². The van der Waals surface area contributed by atoms with E-state index in [1.165, 1.54) is 6.39 Å². The van der Waals surface area contributed by atoms with Crippen LogP contribution in [0.25, 0.3) is 11.1 Å². The standard InChI is InChI=1S/C14H17N3O2/c18-14(7-10-3-5-15-6-4-10)17-11-1-2-12-13(8-11)19-9-16-12/h1-2,8-10,15H,3-7H2,(H,17,18). The molecule has 0 bridgehead atoms. The van der Waals surface area contributed by atoms with E-state index in [0.29, 0.717) is 17.9 Å². The van der Waals surface area contributed by atoms with E-state index in [2.05, 4.69) is 15.6 Å². The Labute approximate surface area is 111 Å². The summed E-state index contributed by atoms with van der Waals surface area (Å²) in [6, 6.07) is 5.51. The summed E-state index contributed by atoms with van der Waals surface area (Å²) in [7, 11) is 0. The van der Waals surface area contributed by atoms with E-state index >= 15 is 0 Å². The Balaban J connectivity index is 1.61. The third-order valence-corrected chi connectivity index (χ3v) is 3.55. The van der Waals surface area contributed by atoms with Gasteiger partial charge < -0.3 is 15.1 Å². The molecule has 0 aliphatic carbocycles. The van der Waals surface area contributed by atoms with Gasteiger partial charge in [-0.15, -0.1) is 0 Å². The van der Waals surface area contributed by atoms with Crippen LogP contribution in [0.5, 0.6) is 0 Å². The molecule has 1 aliphatic heterocycles. The molecule has 0 atom stereocenters. The SMILES string of the molecule is O=C(CC1CCNCC1)Nc1ccc2ncoc2c1. The maximum atomic E-state index is 12.0. The van der Waals surface area contributed by atoms with Gasteiger partial charge in [0.2, 0.25) is 5.91 Å². The number of hydrogen-bond acceptors (Lipinski definition) is 4. The van der Waals surface area contributed by atoms with Crippen LogP contribution in [0.2, 0.25) is 0 Å². The molecule has 5 heteroatoms. The Morgan fingerprint density at radius 1 is 1.42 bits per heavy atom. The van der Waals surface area contributed by atoms with Crippen LogP contribution in [-0.4, -0.2) is 24.0 Å². The lowest BCUT2D eigenvalue weighted by Gasteiger charge is -2.21. The third-order valence-electron chi connectivity index (χ3n) is 3.55. The molecule has 2 N–H and O–H groups in total. The predicted octanol–water partition coefficient (Wildman–Crippen LogP) is 2.16. The molecule has 1 saturated heterocycles. The number of rotatable bonds is 3. The van der Waals surface area contributed by atoms with Crippen LogP contribution in [0.1, 0.15) is 19.3 Å². The minimum atomic E-state index is 0.0748. The summed E-state index contributed by atoms with van der Waals surface area (Å²) in [5, 5.41) is 6.23. The number of nitrogens with zero attached hydrogens (tertiary/aromatic N) is 1. The van der Waals surface area contributed by atoms with Crippen molar-refractivity contribution in [3.8, 4) is 0 Å². The molecule has 1 aromatic heterocycles. The topological polar surface area (TPSA) is 67.2 Å². The van der Waals surface area contributed by atoms with Crippen LogP contribution in [0.15, 0.2) is 29.0 Å². The maximum absolute atomic E-state index is 12.0. The molecule has 0 radical (unpaired) electrons. The van der Waals surface area contributed by atoms with Gasteiger partial charge >= 0.3 is 0 Å². The highest BCUT2D eigenvalue weighted by atomic mass is 16.3. The van der Waals surface area contributed by atoms with Gasteiger partial charge in [0, 0.05) is 18.2 Å². The first-order valence-electron chi connectivity index (χ1n) is 6.65. The van der Waals surface area contributed by atoms with Crippen molar-refractivity contribution in [1.82, 2.24) is 10.3 Å². The largest absolute Gasteiger partial charge is 0.443 e. The summed E-state index contributed by atoms with van der Waals surface area (Å²) in [4.78, 5) is 16.0. The second-order valence-electron chi connectivity index (χ2n) is 4.98. The Bertz CT molecular complexity index is 573. The summed E-state index contributed by atoms with van der Waals surface area (Å²) in [6.07, 6.45) is 4.16. The van der Waals surface area contributed by atoms with Gasteiger partial charge in [-0.25, -0.2) is 4.98 Å². The number of fused-ring (bicyclic) bond motifs is 1. The zero-order chi connectivity index (χ0) is 13.1. The molecular weight excluding hydrogens is 242 g/mol. The molecule has 2 heterocycles. The van der Waals surface area contributed by atoms with Gasteiger partial charge in [-0.2, -0.15) is 0 Å². The van der Waals surface area contributed by atoms with E-state index in [1.54, 1.807) is 0 Å². The Morgan fingerprint density at radius 3 is 3.11 bits per heavy atom. The van der Waals surface area contributed by atoms with Crippen molar-refractivity contribution in [2.45, 2.75) is 19.3 Å². The van der Waals surface area contributed by atoms with Crippen molar-refractivity contribution in [1.29, 1.82) is 0 Å². The quantitative estimate of drug-likeness (QED) is 0.886. The summed E-state index contributed by atoms with van der Waals surface area (Å²) in [5.74, 6) is 0.570. The van der Waals surface area contributed by atoms with E-state index < -0.39 is 0 Å². The van der Waals surface area contributed by atoms with Gasteiger partial charge in [0.15, 0.2) is 12.0 Å². The number of amides is 1. The van der Waals surface area contributed by atoms with Crippen LogP contribution >= 0.6 is 0 Å². The predicted molar refractivity (Wildman–Crippen MR) is 72.8 cm³/mol. The van der Waals surface area contributed by atoms with Gasteiger partial charge in [0.1, 0.15) is 5.52 Å². The third kappa shape index (κ3) is 2.93. The van der Waals surface area contributed by atoms with Gasteiger partial charge in [-0.3, -0.25) is 4.79 Å². The number of nitrogens with one attached hydrogen (secondary N) is 2. The number of hydrogen-bond donors (Lipinski definition) is 2. The highest BCUT2D eigenvalue weighted by Crippen LogP contribution is 2.20. The highest BCUT2D eigenvalue weighted by Gasteiger charge is 2.16. The van der Waals surface area contributed by atoms with Crippen LogP contribution in [0, 0.1) is 5.92 Å².